The maximum absolute atomic E-state index is 10.6. The third-order valence-electron chi connectivity index (χ3n) is 2.85. The van der Waals surface area contributed by atoms with Crippen LogP contribution in [0.2, 0.25) is 0 Å². The molecule has 1 atom stereocenters. The fraction of sp³-hybridized carbons (Fsp3) is 0.462. The van der Waals surface area contributed by atoms with Gasteiger partial charge in [-0.3, -0.25) is 4.79 Å². The Morgan fingerprint density at radius 3 is 2.83 bits per heavy atom. The van der Waals surface area contributed by atoms with Crippen LogP contribution in [0.3, 0.4) is 0 Å². The lowest BCUT2D eigenvalue weighted by molar-refractivity contribution is -0.119. The van der Waals surface area contributed by atoms with Gasteiger partial charge in [-0.05, 0) is 30.7 Å². The number of ether oxygens (including phenoxy) is 2. The first-order valence-electron chi connectivity index (χ1n) is 6.07. The normalized spacial score (nSPS) is 18.6. The molecule has 5 heteroatoms. The zero-order valence-corrected chi connectivity index (χ0v) is 10.2. The van der Waals surface area contributed by atoms with Crippen LogP contribution < -0.4 is 15.8 Å². The van der Waals surface area contributed by atoms with E-state index in [2.05, 4.69) is 5.32 Å². The van der Waals surface area contributed by atoms with Gasteiger partial charge in [0.1, 0.15) is 5.75 Å². The molecule has 0 radical (unpaired) electrons. The van der Waals surface area contributed by atoms with Crippen LogP contribution in [0.5, 0.6) is 5.75 Å². The fourth-order valence-electron chi connectivity index (χ4n) is 1.83. The predicted molar refractivity (Wildman–Crippen MR) is 68.5 cm³/mol. The van der Waals surface area contributed by atoms with E-state index in [1.165, 1.54) is 0 Å². The van der Waals surface area contributed by atoms with E-state index in [0.29, 0.717) is 11.7 Å². The Morgan fingerprint density at radius 1 is 1.44 bits per heavy atom. The molecule has 2 rings (SSSR count). The first-order valence-corrected chi connectivity index (χ1v) is 6.07. The molecule has 5 nitrogen and oxygen atoms in total. The second-order valence-electron chi connectivity index (χ2n) is 4.39. The monoisotopic (exact) mass is 250 g/mol. The van der Waals surface area contributed by atoms with Crippen molar-refractivity contribution in [2.75, 3.05) is 31.7 Å². The molecule has 1 saturated heterocycles. The summed E-state index contributed by atoms with van der Waals surface area (Å²) in [6.07, 6.45) is 1.12. The van der Waals surface area contributed by atoms with Crippen molar-refractivity contribution in [2.24, 2.45) is 11.7 Å². The summed E-state index contributed by atoms with van der Waals surface area (Å²) in [7, 11) is 0. The number of benzene rings is 1. The predicted octanol–water partition coefficient (Wildman–Crippen LogP) is 0.999. The summed E-state index contributed by atoms with van der Waals surface area (Å²) < 4.78 is 10.5. The van der Waals surface area contributed by atoms with Crippen molar-refractivity contribution in [2.45, 2.75) is 6.42 Å². The number of rotatable bonds is 6. The Hall–Kier alpha value is -1.75. The van der Waals surface area contributed by atoms with Crippen molar-refractivity contribution in [3.8, 4) is 5.75 Å². The minimum Gasteiger partial charge on any atom is -0.484 e. The maximum Gasteiger partial charge on any atom is 0.255 e. The lowest BCUT2D eigenvalue weighted by Gasteiger charge is -2.11. The molecule has 0 bridgehead atoms. The van der Waals surface area contributed by atoms with Crippen molar-refractivity contribution in [3.05, 3.63) is 24.3 Å². The SMILES string of the molecule is NC(=O)COc1ccc(NCC2CCOC2)cc1. The quantitative estimate of drug-likeness (QED) is 0.790. The number of nitrogens with two attached hydrogens (primary N) is 1. The number of carbonyl (C=O) groups is 1. The minimum atomic E-state index is -0.474. The van der Waals surface area contributed by atoms with Crippen LogP contribution in [0.1, 0.15) is 6.42 Å². The van der Waals surface area contributed by atoms with E-state index in [-0.39, 0.29) is 6.61 Å². The topological polar surface area (TPSA) is 73.6 Å². The average Bonchev–Trinajstić information content (AvgIpc) is 2.88. The van der Waals surface area contributed by atoms with Crippen molar-refractivity contribution in [1.29, 1.82) is 0 Å². The standard InChI is InChI=1S/C13H18N2O3/c14-13(16)9-18-12-3-1-11(2-4-12)15-7-10-5-6-17-8-10/h1-4,10,15H,5-9H2,(H2,14,16). The van der Waals surface area contributed by atoms with E-state index in [1.54, 1.807) is 0 Å². The molecule has 1 aliphatic rings. The zero-order chi connectivity index (χ0) is 12.8. The summed E-state index contributed by atoms with van der Waals surface area (Å²) in [5.41, 5.74) is 6.04. The van der Waals surface area contributed by atoms with E-state index in [1.807, 2.05) is 24.3 Å². The van der Waals surface area contributed by atoms with Gasteiger partial charge in [-0.2, -0.15) is 0 Å². The van der Waals surface area contributed by atoms with E-state index in [0.717, 1.165) is 31.9 Å². The molecule has 1 aromatic rings. The smallest absolute Gasteiger partial charge is 0.255 e. The first-order chi connectivity index (χ1) is 8.74. The summed E-state index contributed by atoms with van der Waals surface area (Å²) in [6, 6.07) is 7.48. The Balaban J connectivity index is 1.77. The van der Waals surface area contributed by atoms with E-state index in [9.17, 15) is 4.79 Å². The molecule has 0 aliphatic carbocycles. The number of carbonyl (C=O) groups excluding carboxylic acids is 1. The molecule has 3 N–H and O–H groups in total. The number of nitrogens with one attached hydrogen (secondary N) is 1. The van der Waals surface area contributed by atoms with Crippen LogP contribution >= 0.6 is 0 Å². The Morgan fingerprint density at radius 2 is 2.22 bits per heavy atom. The highest BCUT2D eigenvalue weighted by molar-refractivity contribution is 5.75. The molecular formula is C13H18N2O3. The number of primary amides is 1. The summed E-state index contributed by atoms with van der Waals surface area (Å²) in [5, 5.41) is 3.35. The lowest BCUT2D eigenvalue weighted by atomic mass is 10.1. The van der Waals surface area contributed by atoms with Crippen LogP contribution in [0.25, 0.3) is 0 Å². The van der Waals surface area contributed by atoms with Gasteiger partial charge in [0, 0.05) is 24.8 Å². The molecule has 1 heterocycles. The minimum absolute atomic E-state index is 0.0911. The highest BCUT2D eigenvalue weighted by atomic mass is 16.5. The molecule has 18 heavy (non-hydrogen) atoms. The second-order valence-corrected chi connectivity index (χ2v) is 4.39. The van der Waals surface area contributed by atoms with Crippen molar-refractivity contribution in [3.63, 3.8) is 0 Å². The summed E-state index contributed by atoms with van der Waals surface area (Å²) >= 11 is 0. The summed E-state index contributed by atoms with van der Waals surface area (Å²) in [5.74, 6) is 0.762. The molecule has 0 aromatic heterocycles. The van der Waals surface area contributed by atoms with Gasteiger partial charge in [0.2, 0.25) is 0 Å². The molecular weight excluding hydrogens is 232 g/mol. The molecule has 98 valence electrons. The van der Waals surface area contributed by atoms with Crippen molar-refractivity contribution < 1.29 is 14.3 Å². The van der Waals surface area contributed by atoms with Crippen LogP contribution in [0.4, 0.5) is 5.69 Å². The number of hydrogen-bond acceptors (Lipinski definition) is 4. The van der Waals surface area contributed by atoms with Crippen molar-refractivity contribution in [1.82, 2.24) is 0 Å². The fourth-order valence-corrected chi connectivity index (χ4v) is 1.83. The Labute approximate surface area is 106 Å². The van der Waals surface area contributed by atoms with E-state index >= 15 is 0 Å². The first kappa shape index (κ1) is 12.7. The molecule has 0 spiro atoms. The van der Waals surface area contributed by atoms with Gasteiger partial charge in [0.25, 0.3) is 5.91 Å². The number of hydrogen-bond donors (Lipinski definition) is 2. The molecule has 1 amide bonds. The molecule has 0 saturated carbocycles. The van der Waals surface area contributed by atoms with Crippen LogP contribution in [-0.2, 0) is 9.53 Å². The van der Waals surface area contributed by atoms with Gasteiger partial charge in [-0.15, -0.1) is 0 Å². The lowest BCUT2D eigenvalue weighted by Crippen LogP contribution is -2.20. The molecule has 1 aromatic carbocycles. The van der Waals surface area contributed by atoms with Gasteiger partial charge in [-0.1, -0.05) is 0 Å². The Kier molecular flexibility index (Phi) is 4.41. The third-order valence-corrected chi connectivity index (χ3v) is 2.85. The van der Waals surface area contributed by atoms with Gasteiger partial charge in [-0.25, -0.2) is 0 Å². The van der Waals surface area contributed by atoms with Gasteiger partial charge >= 0.3 is 0 Å². The maximum atomic E-state index is 10.6. The van der Waals surface area contributed by atoms with Crippen LogP contribution in [0.15, 0.2) is 24.3 Å². The summed E-state index contributed by atoms with van der Waals surface area (Å²) in [4.78, 5) is 10.6. The largest absolute Gasteiger partial charge is 0.484 e. The molecule has 1 fully saturated rings. The van der Waals surface area contributed by atoms with E-state index in [4.69, 9.17) is 15.2 Å². The van der Waals surface area contributed by atoms with Crippen LogP contribution in [0, 0.1) is 5.92 Å². The highest BCUT2D eigenvalue weighted by Crippen LogP contribution is 2.17. The summed E-state index contributed by atoms with van der Waals surface area (Å²) in [6.45, 7) is 2.53. The van der Waals surface area contributed by atoms with Gasteiger partial charge in [0.15, 0.2) is 6.61 Å². The number of amides is 1. The molecule has 1 unspecified atom stereocenters. The molecule has 1 aliphatic heterocycles. The number of anilines is 1. The van der Waals surface area contributed by atoms with Crippen LogP contribution in [-0.4, -0.2) is 32.3 Å². The average molecular weight is 250 g/mol. The van der Waals surface area contributed by atoms with Crippen molar-refractivity contribution >= 4 is 11.6 Å². The van der Waals surface area contributed by atoms with Gasteiger partial charge in [0.05, 0.1) is 6.61 Å². The van der Waals surface area contributed by atoms with Gasteiger partial charge < -0.3 is 20.5 Å². The third kappa shape index (κ3) is 3.92. The highest BCUT2D eigenvalue weighted by Gasteiger charge is 2.14. The van der Waals surface area contributed by atoms with E-state index < -0.39 is 5.91 Å². The second kappa shape index (κ2) is 6.26. The Bertz CT molecular complexity index is 386. The zero-order valence-electron chi connectivity index (χ0n) is 10.2.